The number of imidazole rings is 1. The first-order valence-electron chi connectivity index (χ1n) is 5.92. The molecule has 0 spiro atoms. The first-order valence-corrected chi connectivity index (χ1v) is 6.73. The molecule has 0 aliphatic heterocycles. The number of methoxy groups -OCH3 is 1. The predicted molar refractivity (Wildman–Crippen MR) is 76.4 cm³/mol. The van der Waals surface area contributed by atoms with Crippen molar-refractivity contribution < 1.29 is 9.53 Å². The number of aldehydes is 1. The molecule has 0 bridgehead atoms. The normalized spacial score (nSPS) is 10.7. The minimum atomic E-state index is 0.551. The molecule has 5 nitrogen and oxygen atoms in total. The Morgan fingerprint density at radius 2 is 2.25 bits per heavy atom. The SMILES string of the molecule is COc1ccc2nc(Sc3ncccc3C=O)[nH]c2c1. The van der Waals surface area contributed by atoms with Crippen LogP contribution in [0.1, 0.15) is 10.4 Å². The summed E-state index contributed by atoms with van der Waals surface area (Å²) < 4.78 is 5.17. The van der Waals surface area contributed by atoms with Crippen LogP contribution in [0.15, 0.2) is 46.7 Å². The number of hydrogen-bond acceptors (Lipinski definition) is 5. The van der Waals surface area contributed by atoms with E-state index in [1.807, 2.05) is 18.2 Å². The molecule has 6 heteroatoms. The second-order valence-electron chi connectivity index (χ2n) is 4.04. The van der Waals surface area contributed by atoms with Crippen molar-refractivity contribution in [2.24, 2.45) is 0 Å². The minimum absolute atomic E-state index is 0.551. The predicted octanol–water partition coefficient (Wildman–Crippen LogP) is 2.93. The average molecular weight is 285 g/mol. The lowest BCUT2D eigenvalue weighted by Gasteiger charge is -1.99. The number of carbonyl (C=O) groups is 1. The quantitative estimate of drug-likeness (QED) is 0.746. The van der Waals surface area contributed by atoms with Gasteiger partial charge in [-0.2, -0.15) is 0 Å². The van der Waals surface area contributed by atoms with Crippen LogP contribution in [0.3, 0.4) is 0 Å². The number of nitrogens with one attached hydrogen (secondary N) is 1. The lowest BCUT2D eigenvalue weighted by atomic mass is 10.3. The minimum Gasteiger partial charge on any atom is -0.497 e. The fourth-order valence-electron chi connectivity index (χ4n) is 1.81. The van der Waals surface area contributed by atoms with E-state index in [1.54, 1.807) is 25.4 Å². The topological polar surface area (TPSA) is 67.9 Å². The van der Waals surface area contributed by atoms with Gasteiger partial charge in [-0.3, -0.25) is 4.79 Å². The summed E-state index contributed by atoms with van der Waals surface area (Å²) in [5.74, 6) is 0.768. The zero-order chi connectivity index (χ0) is 13.9. The van der Waals surface area contributed by atoms with Crippen molar-refractivity contribution in [1.29, 1.82) is 0 Å². The van der Waals surface area contributed by atoms with Crippen LogP contribution in [-0.2, 0) is 0 Å². The van der Waals surface area contributed by atoms with Gasteiger partial charge in [-0.25, -0.2) is 9.97 Å². The van der Waals surface area contributed by atoms with Crippen molar-refractivity contribution in [3.63, 3.8) is 0 Å². The van der Waals surface area contributed by atoms with Crippen LogP contribution < -0.4 is 4.74 Å². The number of benzene rings is 1. The average Bonchev–Trinajstić information content (AvgIpc) is 2.89. The molecule has 3 aromatic rings. The number of H-pyrrole nitrogens is 1. The van der Waals surface area contributed by atoms with E-state index in [9.17, 15) is 4.79 Å². The first-order chi connectivity index (χ1) is 9.80. The number of ether oxygens (including phenoxy) is 1. The lowest BCUT2D eigenvalue weighted by molar-refractivity contribution is 0.112. The zero-order valence-corrected chi connectivity index (χ0v) is 11.5. The molecule has 0 aliphatic rings. The molecule has 20 heavy (non-hydrogen) atoms. The summed E-state index contributed by atoms with van der Waals surface area (Å²) in [6, 6.07) is 9.08. The molecule has 0 aliphatic carbocycles. The van der Waals surface area contributed by atoms with Gasteiger partial charge in [0.15, 0.2) is 11.4 Å². The number of rotatable bonds is 4. The van der Waals surface area contributed by atoms with Crippen molar-refractivity contribution >= 4 is 29.1 Å². The van der Waals surface area contributed by atoms with Crippen LogP contribution in [0, 0.1) is 0 Å². The number of aromatic nitrogens is 3. The number of hydrogen-bond donors (Lipinski definition) is 1. The fourth-order valence-corrected chi connectivity index (χ4v) is 2.65. The summed E-state index contributed by atoms with van der Waals surface area (Å²) in [7, 11) is 1.62. The molecular weight excluding hydrogens is 274 g/mol. The highest BCUT2D eigenvalue weighted by molar-refractivity contribution is 7.99. The van der Waals surface area contributed by atoms with Crippen LogP contribution in [0.2, 0.25) is 0 Å². The number of aromatic amines is 1. The first kappa shape index (κ1) is 12.7. The maximum absolute atomic E-state index is 11.0. The molecule has 3 rings (SSSR count). The molecule has 2 aromatic heterocycles. The smallest absolute Gasteiger partial charge is 0.172 e. The van der Waals surface area contributed by atoms with Gasteiger partial charge in [-0.15, -0.1) is 0 Å². The third-order valence-corrected chi connectivity index (χ3v) is 3.71. The Labute approximate surface area is 119 Å². The van der Waals surface area contributed by atoms with Gasteiger partial charge in [-0.05, 0) is 36.0 Å². The summed E-state index contributed by atoms with van der Waals surface area (Å²) in [5, 5.41) is 1.32. The van der Waals surface area contributed by atoms with Crippen molar-refractivity contribution in [3.8, 4) is 5.75 Å². The van der Waals surface area contributed by atoms with Gasteiger partial charge in [0.25, 0.3) is 0 Å². The van der Waals surface area contributed by atoms with Crippen LogP contribution in [0.5, 0.6) is 5.75 Å². The molecule has 0 unspecified atom stereocenters. The number of pyridine rings is 1. The summed E-state index contributed by atoms with van der Waals surface area (Å²) in [6.45, 7) is 0. The van der Waals surface area contributed by atoms with E-state index < -0.39 is 0 Å². The van der Waals surface area contributed by atoms with Gasteiger partial charge in [-0.1, -0.05) is 0 Å². The van der Waals surface area contributed by atoms with Crippen molar-refractivity contribution in [3.05, 3.63) is 42.1 Å². The van der Waals surface area contributed by atoms with E-state index in [2.05, 4.69) is 15.0 Å². The molecule has 1 aromatic carbocycles. The van der Waals surface area contributed by atoms with Crippen LogP contribution in [0.25, 0.3) is 11.0 Å². The van der Waals surface area contributed by atoms with Gasteiger partial charge in [0, 0.05) is 17.8 Å². The Balaban J connectivity index is 1.96. The summed E-state index contributed by atoms with van der Waals surface area (Å²) in [6.07, 6.45) is 2.45. The van der Waals surface area contributed by atoms with E-state index in [-0.39, 0.29) is 0 Å². The lowest BCUT2D eigenvalue weighted by Crippen LogP contribution is -1.88. The Morgan fingerprint density at radius 3 is 3.05 bits per heavy atom. The van der Waals surface area contributed by atoms with E-state index in [4.69, 9.17) is 4.74 Å². The maximum Gasteiger partial charge on any atom is 0.172 e. The molecule has 1 N–H and O–H groups in total. The van der Waals surface area contributed by atoms with Crippen LogP contribution >= 0.6 is 11.8 Å². The second-order valence-corrected chi connectivity index (χ2v) is 5.02. The third kappa shape index (κ3) is 2.37. The third-order valence-electron chi connectivity index (χ3n) is 2.79. The molecule has 2 heterocycles. The number of carbonyl (C=O) groups excluding carboxylic acids is 1. The van der Waals surface area contributed by atoms with Gasteiger partial charge in [0.1, 0.15) is 10.8 Å². The van der Waals surface area contributed by atoms with E-state index >= 15 is 0 Å². The Hall–Kier alpha value is -2.34. The molecule has 0 fully saturated rings. The largest absolute Gasteiger partial charge is 0.497 e. The summed E-state index contributed by atoms with van der Waals surface area (Å²) in [4.78, 5) is 22.8. The highest BCUT2D eigenvalue weighted by Crippen LogP contribution is 2.28. The van der Waals surface area contributed by atoms with Crippen LogP contribution in [-0.4, -0.2) is 28.3 Å². The van der Waals surface area contributed by atoms with Gasteiger partial charge in [0.05, 0.1) is 18.1 Å². The van der Waals surface area contributed by atoms with E-state index in [0.29, 0.717) is 15.7 Å². The van der Waals surface area contributed by atoms with Crippen molar-refractivity contribution in [1.82, 2.24) is 15.0 Å². The highest BCUT2D eigenvalue weighted by atomic mass is 32.2. The molecule has 0 saturated carbocycles. The molecule has 0 saturated heterocycles. The zero-order valence-electron chi connectivity index (χ0n) is 10.7. The van der Waals surface area contributed by atoms with E-state index in [0.717, 1.165) is 23.1 Å². The number of fused-ring (bicyclic) bond motifs is 1. The molecule has 0 amide bonds. The second kappa shape index (κ2) is 5.34. The summed E-state index contributed by atoms with van der Waals surface area (Å²) in [5.41, 5.74) is 2.28. The Kier molecular flexibility index (Phi) is 3.39. The van der Waals surface area contributed by atoms with Gasteiger partial charge in [0.2, 0.25) is 0 Å². The van der Waals surface area contributed by atoms with Gasteiger partial charge < -0.3 is 9.72 Å². The van der Waals surface area contributed by atoms with Gasteiger partial charge >= 0.3 is 0 Å². The van der Waals surface area contributed by atoms with Crippen molar-refractivity contribution in [2.75, 3.05) is 7.11 Å². The standard InChI is InChI=1S/C14H11N3O2S/c1-19-10-4-5-11-12(7-10)17-14(16-11)20-13-9(8-18)3-2-6-15-13/h2-8H,1H3,(H,16,17). The molecule has 0 radical (unpaired) electrons. The maximum atomic E-state index is 11.0. The molecule has 0 atom stereocenters. The highest BCUT2D eigenvalue weighted by Gasteiger charge is 2.09. The molecule has 100 valence electrons. The fraction of sp³-hybridized carbons (Fsp3) is 0.0714. The monoisotopic (exact) mass is 285 g/mol. The Bertz CT molecular complexity index is 770. The number of nitrogens with zero attached hydrogens (tertiary/aromatic N) is 2. The summed E-state index contributed by atoms with van der Waals surface area (Å²) >= 11 is 1.33. The van der Waals surface area contributed by atoms with Crippen LogP contribution in [0.4, 0.5) is 0 Å². The van der Waals surface area contributed by atoms with E-state index in [1.165, 1.54) is 11.8 Å². The molecular formula is C14H11N3O2S. The Morgan fingerprint density at radius 1 is 1.35 bits per heavy atom. The van der Waals surface area contributed by atoms with Crippen molar-refractivity contribution in [2.45, 2.75) is 10.2 Å².